The van der Waals surface area contributed by atoms with Gasteiger partial charge in [0.05, 0.1) is 19.4 Å². The van der Waals surface area contributed by atoms with Crippen LogP contribution in [0.4, 0.5) is 36.6 Å². The summed E-state index contributed by atoms with van der Waals surface area (Å²) in [5.74, 6) is -3.50. The number of amides is 2. The normalized spacial score (nSPS) is 11.2. The molecule has 45 heavy (non-hydrogen) atoms. The largest absolute Gasteiger partial charge is 0.490 e. The van der Waals surface area contributed by atoms with E-state index < -0.39 is 43.4 Å². The average molecular weight is 654 g/mol. The van der Waals surface area contributed by atoms with E-state index in [-0.39, 0.29) is 49.1 Å². The van der Waals surface area contributed by atoms with Crippen LogP contribution in [0.2, 0.25) is 0 Å². The number of rotatable bonds is 14. The number of carboxylic acids is 1. The number of hydrogen-bond acceptors (Lipinski definition) is 9. The second-order valence-electron chi connectivity index (χ2n) is 8.38. The van der Waals surface area contributed by atoms with E-state index in [2.05, 4.69) is 25.9 Å². The maximum atomic E-state index is 12.5. The van der Waals surface area contributed by atoms with E-state index in [1.165, 1.54) is 29.1 Å². The molecule has 0 radical (unpaired) electrons. The smallest absolute Gasteiger partial charge is 0.489 e. The van der Waals surface area contributed by atoms with Gasteiger partial charge < -0.3 is 30.5 Å². The van der Waals surface area contributed by atoms with Crippen molar-refractivity contribution in [3.05, 3.63) is 60.0 Å². The highest BCUT2D eigenvalue weighted by atomic mass is 19.4. The molecule has 13 nitrogen and oxygen atoms in total. The number of nitrogens with zero attached hydrogens (tertiary/aromatic N) is 4. The van der Waals surface area contributed by atoms with Gasteiger partial charge in [-0.15, -0.1) is 5.10 Å². The Balaban J connectivity index is 0.000000900. The maximum absolute atomic E-state index is 12.5. The van der Waals surface area contributed by atoms with Crippen LogP contribution >= 0.6 is 0 Å². The second kappa shape index (κ2) is 17.3. The number of ether oxygens (including phenoxy) is 2. The molecule has 0 bridgehead atoms. The molecule has 0 aliphatic carbocycles. The topological polar surface area (TPSA) is 170 Å². The molecule has 2 aromatic heterocycles. The number of hydrogen-bond donors (Lipinski definition) is 4. The predicted octanol–water partition coefficient (Wildman–Crippen LogP) is 2.79. The Hall–Kier alpha value is -5.01. The van der Waals surface area contributed by atoms with E-state index in [4.69, 9.17) is 19.4 Å². The summed E-state index contributed by atoms with van der Waals surface area (Å²) in [6.45, 7) is -1.65. The van der Waals surface area contributed by atoms with Gasteiger partial charge in [0.2, 0.25) is 0 Å². The number of carbonyl (C=O) groups is 3. The number of aromatic nitrogens is 4. The van der Waals surface area contributed by atoms with E-state index in [1.54, 1.807) is 23.6 Å². The summed E-state index contributed by atoms with van der Waals surface area (Å²) in [5, 5.41) is 22.4. The van der Waals surface area contributed by atoms with Crippen molar-refractivity contribution in [3.8, 4) is 11.4 Å². The minimum Gasteiger partial charge on any atom is -0.489 e. The highest BCUT2D eigenvalue weighted by Crippen LogP contribution is 2.25. The van der Waals surface area contributed by atoms with Gasteiger partial charge in [0.15, 0.2) is 5.69 Å². The van der Waals surface area contributed by atoms with E-state index in [1.807, 2.05) is 6.07 Å². The first-order chi connectivity index (χ1) is 21.2. The molecular formula is C25H26F7N7O6. The van der Waals surface area contributed by atoms with Crippen molar-refractivity contribution in [2.75, 3.05) is 51.4 Å². The van der Waals surface area contributed by atoms with E-state index >= 15 is 0 Å². The molecule has 0 aliphatic heterocycles. The molecule has 0 atom stereocenters. The van der Waals surface area contributed by atoms with Gasteiger partial charge in [-0.3, -0.25) is 9.59 Å². The first-order valence-corrected chi connectivity index (χ1v) is 12.6. The molecule has 4 N–H and O–H groups in total. The molecule has 0 fully saturated rings. The number of pyridine rings is 1. The van der Waals surface area contributed by atoms with Crippen molar-refractivity contribution >= 4 is 23.6 Å². The van der Waals surface area contributed by atoms with Crippen LogP contribution in [-0.2, 0) is 9.53 Å². The standard InChI is InChI=1S/C23H25F4N7O4.C2HF3O2/c24-6-10-37-11-12-38-19-13-16(21(35)31-15-23(25,26)27)4-5-18(19)34-14-17(32-33-34)22(36)30-9-8-29-20-3-1-2-7-28-20;3-2(4,5)1(6)7/h1-5,7,13-14H,6,8-12,15H2,(H,28,29)(H,30,36)(H,31,35);(H,6,7). The Morgan fingerprint density at radius 2 is 1.67 bits per heavy atom. The second-order valence-corrected chi connectivity index (χ2v) is 8.38. The van der Waals surface area contributed by atoms with Gasteiger partial charge in [-0.2, -0.15) is 26.3 Å². The number of carboxylic acid groups (broad SMARTS) is 1. The van der Waals surface area contributed by atoms with Gasteiger partial charge in [-0.1, -0.05) is 11.3 Å². The Morgan fingerprint density at radius 1 is 0.933 bits per heavy atom. The first kappa shape index (κ1) is 36.2. The fraction of sp³-hybridized carbons (Fsp3) is 0.360. The number of halogens is 7. The molecule has 0 saturated carbocycles. The third-order valence-electron chi connectivity index (χ3n) is 4.98. The predicted molar refractivity (Wildman–Crippen MR) is 141 cm³/mol. The molecular weight excluding hydrogens is 627 g/mol. The first-order valence-electron chi connectivity index (χ1n) is 12.6. The SMILES string of the molecule is O=C(NCC(F)(F)F)c1ccc(-n2cc(C(=O)NCCNc3ccccn3)nn2)c(OCCOCCF)c1.O=C(O)C(F)(F)F. The van der Waals surface area contributed by atoms with E-state index in [9.17, 15) is 40.3 Å². The van der Waals surface area contributed by atoms with Crippen molar-refractivity contribution in [2.24, 2.45) is 0 Å². The Bertz CT molecular complexity index is 1390. The van der Waals surface area contributed by atoms with E-state index in [0.717, 1.165) is 0 Å². The van der Waals surface area contributed by atoms with Crippen LogP contribution in [0, 0.1) is 0 Å². The molecule has 3 rings (SSSR count). The van der Waals surface area contributed by atoms with Gasteiger partial charge in [-0.05, 0) is 30.3 Å². The molecule has 20 heteroatoms. The fourth-order valence-corrected chi connectivity index (χ4v) is 3.02. The van der Waals surface area contributed by atoms with Crippen molar-refractivity contribution in [1.82, 2.24) is 30.6 Å². The molecule has 0 aliphatic rings. The maximum Gasteiger partial charge on any atom is 0.490 e. The van der Waals surface area contributed by atoms with Crippen LogP contribution < -0.4 is 20.7 Å². The summed E-state index contributed by atoms with van der Waals surface area (Å²) in [7, 11) is 0. The molecule has 2 amide bonds. The third kappa shape index (κ3) is 13.4. The number of aliphatic carboxylic acids is 1. The lowest BCUT2D eigenvalue weighted by atomic mass is 10.1. The molecule has 3 aromatic rings. The summed E-state index contributed by atoms with van der Waals surface area (Å²) >= 11 is 0. The van der Waals surface area contributed by atoms with Crippen molar-refractivity contribution in [2.45, 2.75) is 12.4 Å². The van der Waals surface area contributed by atoms with Crippen LogP contribution in [0.3, 0.4) is 0 Å². The van der Waals surface area contributed by atoms with Crippen LogP contribution in [-0.4, -0.2) is 101 Å². The van der Waals surface area contributed by atoms with E-state index in [0.29, 0.717) is 12.4 Å². The molecule has 0 spiro atoms. The summed E-state index contributed by atoms with van der Waals surface area (Å²) in [5.41, 5.74) is 0.148. The van der Waals surface area contributed by atoms with Crippen molar-refractivity contribution in [3.63, 3.8) is 0 Å². The number of benzene rings is 1. The van der Waals surface area contributed by atoms with Crippen molar-refractivity contribution in [1.29, 1.82) is 0 Å². The van der Waals surface area contributed by atoms with Gasteiger partial charge in [0, 0.05) is 24.8 Å². The number of nitrogens with one attached hydrogen (secondary N) is 3. The van der Waals surface area contributed by atoms with Crippen LogP contribution in [0.15, 0.2) is 48.8 Å². The minimum absolute atomic E-state index is 0.00735. The Morgan fingerprint density at radius 3 is 2.29 bits per heavy atom. The Labute approximate surface area is 249 Å². The monoisotopic (exact) mass is 653 g/mol. The molecule has 0 saturated heterocycles. The average Bonchev–Trinajstić information content (AvgIpc) is 3.48. The van der Waals surface area contributed by atoms with Gasteiger partial charge >= 0.3 is 18.3 Å². The summed E-state index contributed by atoms with van der Waals surface area (Å²) < 4.78 is 93.2. The lowest BCUT2D eigenvalue weighted by Gasteiger charge is -2.14. The number of anilines is 1. The van der Waals surface area contributed by atoms with Gasteiger partial charge in [-0.25, -0.2) is 18.9 Å². The van der Waals surface area contributed by atoms with Crippen LogP contribution in [0.1, 0.15) is 20.8 Å². The summed E-state index contributed by atoms with van der Waals surface area (Å²) in [4.78, 5) is 37.7. The zero-order valence-corrected chi connectivity index (χ0v) is 23.0. The molecule has 2 heterocycles. The van der Waals surface area contributed by atoms with Crippen LogP contribution in [0.25, 0.3) is 5.69 Å². The molecule has 0 unspecified atom stereocenters. The van der Waals surface area contributed by atoms with Crippen LogP contribution in [0.5, 0.6) is 5.75 Å². The van der Waals surface area contributed by atoms with Crippen molar-refractivity contribution < 1.29 is 59.7 Å². The lowest BCUT2D eigenvalue weighted by Crippen LogP contribution is -2.33. The molecule has 246 valence electrons. The highest BCUT2D eigenvalue weighted by Gasteiger charge is 2.38. The van der Waals surface area contributed by atoms with Gasteiger partial charge in [0.1, 0.15) is 37.1 Å². The third-order valence-corrected chi connectivity index (χ3v) is 4.98. The molecule has 1 aromatic carbocycles. The lowest BCUT2D eigenvalue weighted by molar-refractivity contribution is -0.192. The number of alkyl halides is 7. The van der Waals surface area contributed by atoms with Gasteiger partial charge in [0.25, 0.3) is 11.8 Å². The fourth-order valence-electron chi connectivity index (χ4n) is 3.02. The quantitative estimate of drug-likeness (QED) is 0.150. The minimum atomic E-state index is -5.08. The zero-order valence-electron chi connectivity index (χ0n) is 23.0. The highest BCUT2D eigenvalue weighted by molar-refractivity contribution is 5.95. The zero-order chi connectivity index (χ0) is 33.5. The Kier molecular flexibility index (Phi) is 13.9. The summed E-state index contributed by atoms with van der Waals surface area (Å²) in [6.07, 6.45) is -6.70. The summed E-state index contributed by atoms with van der Waals surface area (Å²) in [6, 6.07) is 9.27. The number of carbonyl (C=O) groups excluding carboxylic acids is 2.